The fourth-order valence-electron chi connectivity index (χ4n) is 3.10. The molecule has 0 unspecified atom stereocenters. The maximum absolute atomic E-state index is 12.5. The van der Waals surface area contributed by atoms with E-state index in [-0.39, 0.29) is 5.91 Å². The van der Waals surface area contributed by atoms with Gasteiger partial charge in [-0.15, -0.1) is 0 Å². The summed E-state index contributed by atoms with van der Waals surface area (Å²) in [6, 6.07) is 15.4. The number of anilines is 1. The van der Waals surface area contributed by atoms with Gasteiger partial charge in [0.05, 0.1) is 24.4 Å². The molecule has 1 aliphatic rings. The van der Waals surface area contributed by atoms with Gasteiger partial charge >= 0.3 is 0 Å². The van der Waals surface area contributed by atoms with Gasteiger partial charge in [-0.2, -0.15) is 0 Å². The molecule has 0 spiro atoms. The number of thioether (sulfide) groups is 1. The Hall–Kier alpha value is -2.73. The second kappa shape index (κ2) is 7.88. The zero-order valence-electron chi connectivity index (χ0n) is 15.1. The van der Waals surface area contributed by atoms with Crippen molar-refractivity contribution in [3.8, 4) is 17.0 Å². The summed E-state index contributed by atoms with van der Waals surface area (Å²) in [5.74, 6) is 1.84. The number of nitrogens with one attached hydrogen (secondary N) is 1. The highest BCUT2D eigenvalue weighted by Crippen LogP contribution is 2.32. The minimum atomic E-state index is -0.0484. The van der Waals surface area contributed by atoms with Crippen LogP contribution in [0.3, 0.4) is 0 Å². The van der Waals surface area contributed by atoms with Crippen molar-refractivity contribution in [3.05, 3.63) is 60.3 Å². The van der Waals surface area contributed by atoms with Crippen molar-refractivity contribution in [2.45, 2.75) is 25.0 Å². The molecule has 0 bridgehead atoms. The molecule has 5 nitrogen and oxygen atoms in total. The van der Waals surface area contributed by atoms with E-state index in [2.05, 4.69) is 16.1 Å². The first-order valence-electron chi connectivity index (χ1n) is 9.04. The van der Waals surface area contributed by atoms with Crippen molar-refractivity contribution in [2.24, 2.45) is 0 Å². The summed E-state index contributed by atoms with van der Waals surface area (Å²) in [5, 5.41) is 4.08. The largest absolute Gasteiger partial charge is 0.494 e. The van der Waals surface area contributed by atoms with E-state index in [1.165, 1.54) is 0 Å². The minimum Gasteiger partial charge on any atom is -0.494 e. The standard InChI is InChI=1S/C21H21N3O2S/c1-2-26-16-9-7-15(8-10-16)13-20(25)22-18-6-4-3-5-17(18)19-14-24-11-12-27-21(24)23-19/h3-10,14H,2,11-13H2,1H3,(H,22,25). The molecule has 27 heavy (non-hydrogen) atoms. The highest BCUT2D eigenvalue weighted by molar-refractivity contribution is 7.99. The fourth-order valence-corrected chi connectivity index (χ4v) is 4.05. The van der Waals surface area contributed by atoms with Gasteiger partial charge in [-0.05, 0) is 30.7 Å². The number of carbonyl (C=O) groups excluding carboxylic acids is 1. The van der Waals surface area contributed by atoms with E-state index in [0.29, 0.717) is 13.0 Å². The molecule has 0 atom stereocenters. The van der Waals surface area contributed by atoms with Crippen molar-refractivity contribution in [2.75, 3.05) is 17.7 Å². The van der Waals surface area contributed by atoms with Crippen LogP contribution in [0.4, 0.5) is 5.69 Å². The van der Waals surface area contributed by atoms with Crippen LogP contribution in [0.25, 0.3) is 11.3 Å². The fraction of sp³-hybridized carbons (Fsp3) is 0.238. The normalized spacial score (nSPS) is 12.6. The van der Waals surface area contributed by atoms with Gasteiger partial charge < -0.3 is 14.6 Å². The molecule has 1 N–H and O–H groups in total. The summed E-state index contributed by atoms with van der Waals surface area (Å²) >= 11 is 1.76. The number of aryl methyl sites for hydroxylation is 1. The summed E-state index contributed by atoms with van der Waals surface area (Å²) in [7, 11) is 0. The van der Waals surface area contributed by atoms with Gasteiger partial charge in [-0.3, -0.25) is 4.79 Å². The number of imidazole rings is 1. The number of ether oxygens (including phenoxy) is 1. The first-order chi connectivity index (χ1) is 13.2. The number of hydrogen-bond acceptors (Lipinski definition) is 4. The Kier molecular flexibility index (Phi) is 5.16. The Morgan fingerprint density at radius 1 is 1.22 bits per heavy atom. The SMILES string of the molecule is CCOc1ccc(CC(=O)Nc2ccccc2-c2cn3c(n2)SCC3)cc1. The Bertz CT molecular complexity index is 929. The highest BCUT2D eigenvalue weighted by atomic mass is 32.2. The molecule has 1 aromatic heterocycles. The van der Waals surface area contributed by atoms with E-state index in [1.807, 2.05) is 55.5 Å². The quantitative estimate of drug-likeness (QED) is 0.696. The molecule has 0 radical (unpaired) electrons. The van der Waals surface area contributed by atoms with Crippen molar-refractivity contribution < 1.29 is 9.53 Å². The summed E-state index contributed by atoms with van der Waals surface area (Å²) in [6.07, 6.45) is 2.38. The van der Waals surface area contributed by atoms with Crippen LogP contribution < -0.4 is 10.1 Å². The molecular weight excluding hydrogens is 358 g/mol. The predicted molar refractivity (Wildman–Crippen MR) is 108 cm³/mol. The van der Waals surface area contributed by atoms with Crippen LogP contribution in [0.2, 0.25) is 0 Å². The van der Waals surface area contributed by atoms with Gasteiger partial charge in [0.25, 0.3) is 0 Å². The molecule has 0 saturated heterocycles. The van der Waals surface area contributed by atoms with Crippen LogP contribution in [0.15, 0.2) is 59.9 Å². The maximum atomic E-state index is 12.5. The zero-order chi connectivity index (χ0) is 18.6. The first-order valence-corrected chi connectivity index (χ1v) is 10.0. The number of para-hydroxylation sites is 1. The Morgan fingerprint density at radius 3 is 2.81 bits per heavy atom. The lowest BCUT2D eigenvalue weighted by atomic mass is 10.1. The second-order valence-corrected chi connectivity index (χ2v) is 7.36. The lowest BCUT2D eigenvalue weighted by Crippen LogP contribution is -2.15. The predicted octanol–water partition coefficient (Wildman–Crippen LogP) is 4.24. The van der Waals surface area contributed by atoms with Crippen LogP contribution in [-0.4, -0.2) is 27.8 Å². The molecular formula is C21H21N3O2S. The van der Waals surface area contributed by atoms with Crippen molar-refractivity contribution in [1.29, 1.82) is 0 Å². The Labute approximate surface area is 162 Å². The van der Waals surface area contributed by atoms with Gasteiger partial charge in [-0.25, -0.2) is 4.98 Å². The highest BCUT2D eigenvalue weighted by Gasteiger charge is 2.17. The van der Waals surface area contributed by atoms with Crippen LogP contribution in [0.1, 0.15) is 12.5 Å². The van der Waals surface area contributed by atoms with E-state index in [1.54, 1.807) is 11.8 Å². The topological polar surface area (TPSA) is 56.1 Å². The average molecular weight is 379 g/mol. The molecule has 138 valence electrons. The van der Waals surface area contributed by atoms with E-state index in [9.17, 15) is 4.79 Å². The average Bonchev–Trinajstić information content (AvgIpc) is 3.26. The summed E-state index contributed by atoms with van der Waals surface area (Å²) in [6.45, 7) is 3.57. The third-order valence-corrected chi connectivity index (χ3v) is 5.35. The maximum Gasteiger partial charge on any atom is 0.228 e. The summed E-state index contributed by atoms with van der Waals surface area (Å²) in [4.78, 5) is 17.2. The van der Waals surface area contributed by atoms with Gasteiger partial charge in [0, 0.05) is 24.1 Å². The van der Waals surface area contributed by atoms with Crippen molar-refractivity contribution >= 4 is 23.4 Å². The molecule has 3 aromatic rings. The summed E-state index contributed by atoms with van der Waals surface area (Å²) < 4.78 is 7.61. The van der Waals surface area contributed by atoms with Crippen LogP contribution in [-0.2, 0) is 17.8 Å². The summed E-state index contributed by atoms with van der Waals surface area (Å²) in [5.41, 5.74) is 3.58. The van der Waals surface area contributed by atoms with Crippen molar-refractivity contribution in [3.63, 3.8) is 0 Å². The molecule has 0 aliphatic carbocycles. The number of carbonyl (C=O) groups is 1. The number of amides is 1. The first kappa shape index (κ1) is 17.7. The Balaban J connectivity index is 1.48. The lowest BCUT2D eigenvalue weighted by Gasteiger charge is -2.10. The van der Waals surface area contributed by atoms with Gasteiger partial charge in [0.1, 0.15) is 5.75 Å². The molecule has 4 rings (SSSR count). The van der Waals surface area contributed by atoms with Gasteiger partial charge in [0.2, 0.25) is 5.91 Å². The van der Waals surface area contributed by atoms with E-state index < -0.39 is 0 Å². The number of nitrogens with zero attached hydrogens (tertiary/aromatic N) is 2. The molecule has 0 fully saturated rings. The van der Waals surface area contributed by atoms with Crippen LogP contribution in [0.5, 0.6) is 5.75 Å². The van der Waals surface area contributed by atoms with Crippen LogP contribution >= 0.6 is 11.8 Å². The van der Waals surface area contributed by atoms with E-state index in [0.717, 1.165) is 45.7 Å². The Morgan fingerprint density at radius 2 is 2.04 bits per heavy atom. The third-order valence-electron chi connectivity index (χ3n) is 4.38. The molecule has 2 aromatic carbocycles. The second-order valence-electron chi connectivity index (χ2n) is 6.30. The van der Waals surface area contributed by atoms with Crippen LogP contribution in [0, 0.1) is 0 Å². The number of aromatic nitrogens is 2. The molecule has 2 heterocycles. The minimum absolute atomic E-state index is 0.0484. The van der Waals surface area contributed by atoms with Gasteiger partial charge in [-0.1, -0.05) is 42.1 Å². The number of rotatable bonds is 6. The van der Waals surface area contributed by atoms with E-state index >= 15 is 0 Å². The van der Waals surface area contributed by atoms with Crippen molar-refractivity contribution in [1.82, 2.24) is 9.55 Å². The number of fused-ring (bicyclic) bond motifs is 1. The lowest BCUT2D eigenvalue weighted by molar-refractivity contribution is -0.115. The zero-order valence-corrected chi connectivity index (χ0v) is 16.0. The van der Waals surface area contributed by atoms with E-state index in [4.69, 9.17) is 9.72 Å². The van der Waals surface area contributed by atoms with Gasteiger partial charge in [0.15, 0.2) is 5.16 Å². The third kappa shape index (κ3) is 4.01. The molecule has 1 amide bonds. The molecule has 6 heteroatoms. The molecule has 1 aliphatic heterocycles. The number of benzene rings is 2. The smallest absolute Gasteiger partial charge is 0.228 e. The monoisotopic (exact) mass is 379 g/mol. The number of hydrogen-bond donors (Lipinski definition) is 1. The molecule has 0 saturated carbocycles.